The Hall–Kier alpha value is -1.61. The van der Waals surface area contributed by atoms with Gasteiger partial charge in [-0.3, -0.25) is 4.79 Å². The Bertz CT molecular complexity index is 413. The van der Waals surface area contributed by atoms with Crippen molar-refractivity contribution in [3.8, 4) is 0 Å². The van der Waals surface area contributed by atoms with Crippen LogP contribution in [0.5, 0.6) is 0 Å². The van der Waals surface area contributed by atoms with Crippen molar-refractivity contribution in [1.29, 1.82) is 0 Å². The summed E-state index contributed by atoms with van der Waals surface area (Å²) >= 11 is 0. The molecule has 1 saturated heterocycles. The standard InChI is InChI=1S/C12H11NO2/c14-11-7-6-10-8-15-12(13(10)11)9-4-2-1-3-5-9/h1-7,10,12H,8H2. The first kappa shape index (κ1) is 8.68. The second kappa shape index (κ2) is 3.21. The number of carbonyl (C=O) groups excluding carboxylic acids is 1. The number of amides is 1. The van der Waals surface area contributed by atoms with Gasteiger partial charge in [0.05, 0.1) is 12.6 Å². The van der Waals surface area contributed by atoms with E-state index in [-0.39, 0.29) is 18.2 Å². The van der Waals surface area contributed by atoms with E-state index in [4.69, 9.17) is 4.74 Å². The first-order valence-electron chi connectivity index (χ1n) is 5.03. The van der Waals surface area contributed by atoms with Crippen molar-refractivity contribution in [1.82, 2.24) is 4.90 Å². The summed E-state index contributed by atoms with van der Waals surface area (Å²) in [6, 6.07) is 9.97. The fourth-order valence-corrected chi connectivity index (χ4v) is 2.11. The number of ether oxygens (including phenoxy) is 1. The summed E-state index contributed by atoms with van der Waals surface area (Å²) < 4.78 is 5.63. The molecule has 2 aliphatic heterocycles. The van der Waals surface area contributed by atoms with Crippen molar-refractivity contribution in [3.63, 3.8) is 0 Å². The Morgan fingerprint density at radius 3 is 2.87 bits per heavy atom. The minimum absolute atomic E-state index is 0.0475. The van der Waals surface area contributed by atoms with E-state index in [1.54, 1.807) is 11.0 Å². The summed E-state index contributed by atoms with van der Waals surface area (Å²) in [7, 11) is 0. The minimum Gasteiger partial charge on any atom is -0.351 e. The van der Waals surface area contributed by atoms with Crippen LogP contribution < -0.4 is 0 Å². The van der Waals surface area contributed by atoms with E-state index < -0.39 is 0 Å². The molecule has 76 valence electrons. The van der Waals surface area contributed by atoms with E-state index >= 15 is 0 Å². The molecule has 1 amide bonds. The summed E-state index contributed by atoms with van der Waals surface area (Å²) in [5, 5.41) is 0. The molecule has 3 heteroatoms. The van der Waals surface area contributed by atoms with Crippen LogP contribution in [0.15, 0.2) is 42.5 Å². The van der Waals surface area contributed by atoms with Gasteiger partial charge in [0, 0.05) is 11.6 Å². The monoisotopic (exact) mass is 201 g/mol. The van der Waals surface area contributed by atoms with Crippen molar-refractivity contribution >= 4 is 5.91 Å². The summed E-state index contributed by atoms with van der Waals surface area (Å²) in [6.45, 7) is 0.599. The van der Waals surface area contributed by atoms with Crippen LogP contribution in [0.1, 0.15) is 11.8 Å². The average molecular weight is 201 g/mol. The molecular formula is C12H11NO2. The lowest BCUT2D eigenvalue weighted by molar-refractivity contribution is -0.130. The number of fused-ring (bicyclic) bond motifs is 1. The highest BCUT2D eigenvalue weighted by Gasteiger charge is 2.39. The highest BCUT2D eigenvalue weighted by Crippen LogP contribution is 2.33. The summed E-state index contributed by atoms with van der Waals surface area (Å²) in [6.07, 6.45) is 3.33. The van der Waals surface area contributed by atoms with Crippen LogP contribution in [0.2, 0.25) is 0 Å². The molecule has 3 nitrogen and oxygen atoms in total. The number of benzene rings is 1. The van der Waals surface area contributed by atoms with Crippen LogP contribution in [0.3, 0.4) is 0 Å². The fourth-order valence-electron chi connectivity index (χ4n) is 2.11. The summed E-state index contributed by atoms with van der Waals surface area (Å²) in [5.74, 6) is 0.0475. The Balaban J connectivity index is 1.93. The fraction of sp³-hybridized carbons (Fsp3) is 0.250. The maximum Gasteiger partial charge on any atom is 0.249 e. The molecule has 0 radical (unpaired) electrons. The van der Waals surface area contributed by atoms with Gasteiger partial charge >= 0.3 is 0 Å². The van der Waals surface area contributed by atoms with Gasteiger partial charge in [0.2, 0.25) is 5.91 Å². The molecule has 2 atom stereocenters. The maximum absolute atomic E-state index is 11.6. The largest absolute Gasteiger partial charge is 0.351 e. The molecule has 0 spiro atoms. The zero-order chi connectivity index (χ0) is 10.3. The third kappa shape index (κ3) is 1.27. The number of carbonyl (C=O) groups is 1. The van der Waals surface area contributed by atoms with Crippen LogP contribution >= 0.6 is 0 Å². The van der Waals surface area contributed by atoms with Gasteiger partial charge in [-0.25, -0.2) is 0 Å². The van der Waals surface area contributed by atoms with Gasteiger partial charge in [-0.15, -0.1) is 0 Å². The van der Waals surface area contributed by atoms with Crippen LogP contribution in [-0.2, 0) is 9.53 Å². The number of hydrogen-bond donors (Lipinski definition) is 0. The van der Waals surface area contributed by atoms with Crippen LogP contribution in [0.4, 0.5) is 0 Å². The highest BCUT2D eigenvalue weighted by molar-refractivity contribution is 5.91. The number of hydrogen-bond acceptors (Lipinski definition) is 2. The lowest BCUT2D eigenvalue weighted by atomic mass is 10.2. The van der Waals surface area contributed by atoms with Gasteiger partial charge in [-0.2, -0.15) is 0 Å². The molecule has 0 saturated carbocycles. The molecule has 0 aliphatic carbocycles. The van der Waals surface area contributed by atoms with E-state index in [0.29, 0.717) is 6.61 Å². The smallest absolute Gasteiger partial charge is 0.249 e. The first-order valence-corrected chi connectivity index (χ1v) is 5.03. The van der Waals surface area contributed by atoms with Crippen LogP contribution in [0, 0.1) is 0 Å². The SMILES string of the molecule is O=C1C=CC2COC(c3ccccc3)N12. The average Bonchev–Trinajstić information content (AvgIpc) is 2.84. The van der Waals surface area contributed by atoms with E-state index in [2.05, 4.69) is 0 Å². The minimum atomic E-state index is -0.210. The molecule has 3 rings (SSSR count). The predicted molar refractivity (Wildman–Crippen MR) is 54.9 cm³/mol. The highest BCUT2D eigenvalue weighted by atomic mass is 16.5. The Morgan fingerprint density at radius 1 is 1.27 bits per heavy atom. The van der Waals surface area contributed by atoms with Gasteiger partial charge in [-0.1, -0.05) is 36.4 Å². The van der Waals surface area contributed by atoms with Gasteiger partial charge in [0.25, 0.3) is 0 Å². The van der Waals surface area contributed by atoms with Gasteiger partial charge in [0.15, 0.2) is 6.23 Å². The molecule has 2 unspecified atom stereocenters. The first-order chi connectivity index (χ1) is 7.36. The zero-order valence-corrected chi connectivity index (χ0v) is 8.17. The molecule has 1 aromatic rings. The quantitative estimate of drug-likeness (QED) is 0.688. The molecule has 15 heavy (non-hydrogen) atoms. The van der Waals surface area contributed by atoms with Crippen molar-refractivity contribution in [2.24, 2.45) is 0 Å². The molecule has 1 fully saturated rings. The van der Waals surface area contributed by atoms with Gasteiger partial charge < -0.3 is 9.64 Å². The second-order valence-electron chi connectivity index (χ2n) is 3.77. The van der Waals surface area contributed by atoms with Crippen molar-refractivity contribution in [2.45, 2.75) is 12.3 Å². The molecule has 2 aliphatic rings. The third-order valence-corrected chi connectivity index (χ3v) is 2.83. The topological polar surface area (TPSA) is 29.5 Å². The van der Waals surface area contributed by atoms with Crippen molar-refractivity contribution < 1.29 is 9.53 Å². The van der Waals surface area contributed by atoms with E-state index in [1.807, 2.05) is 36.4 Å². The molecule has 0 bridgehead atoms. The Kier molecular flexibility index (Phi) is 1.86. The maximum atomic E-state index is 11.6. The Morgan fingerprint density at radius 2 is 2.07 bits per heavy atom. The van der Waals surface area contributed by atoms with Gasteiger partial charge in [-0.05, 0) is 0 Å². The molecule has 2 heterocycles. The lowest BCUT2D eigenvalue weighted by Gasteiger charge is -2.22. The number of rotatable bonds is 1. The van der Waals surface area contributed by atoms with Crippen LogP contribution in [-0.4, -0.2) is 23.5 Å². The van der Waals surface area contributed by atoms with E-state index in [0.717, 1.165) is 5.56 Å². The predicted octanol–water partition coefficient (Wildman–Crippen LogP) is 1.48. The summed E-state index contributed by atoms with van der Waals surface area (Å²) in [4.78, 5) is 13.4. The van der Waals surface area contributed by atoms with Gasteiger partial charge in [0.1, 0.15) is 0 Å². The van der Waals surface area contributed by atoms with Crippen molar-refractivity contribution in [3.05, 3.63) is 48.0 Å². The lowest BCUT2D eigenvalue weighted by Crippen LogP contribution is -2.31. The molecule has 0 N–H and O–H groups in total. The molecule has 1 aromatic carbocycles. The summed E-state index contributed by atoms with van der Waals surface area (Å²) in [5.41, 5.74) is 1.04. The third-order valence-electron chi connectivity index (χ3n) is 2.83. The zero-order valence-electron chi connectivity index (χ0n) is 8.17. The van der Waals surface area contributed by atoms with E-state index in [9.17, 15) is 4.79 Å². The van der Waals surface area contributed by atoms with Crippen molar-refractivity contribution in [2.75, 3.05) is 6.61 Å². The molecule has 0 aromatic heterocycles. The van der Waals surface area contributed by atoms with E-state index in [1.165, 1.54) is 0 Å². The normalized spacial score (nSPS) is 28.5. The number of nitrogens with zero attached hydrogens (tertiary/aromatic N) is 1. The molecular weight excluding hydrogens is 190 g/mol. The Labute approximate surface area is 88.0 Å². The second-order valence-corrected chi connectivity index (χ2v) is 3.77. The van der Waals surface area contributed by atoms with Crippen LogP contribution in [0.25, 0.3) is 0 Å².